The van der Waals surface area contributed by atoms with Crippen LogP contribution in [-0.4, -0.2) is 28.7 Å². The van der Waals surface area contributed by atoms with Gasteiger partial charge in [0.05, 0.1) is 17.6 Å². The van der Waals surface area contributed by atoms with E-state index in [4.69, 9.17) is 9.47 Å². The topological polar surface area (TPSA) is 65.4 Å². The molecule has 0 spiro atoms. The van der Waals surface area contributed by atoms with Gasteiger partial charge in [-0.3, -0.25) is 9.36 Å². The summed E-state index contributed by atoms with van der Waals surface area (Å²) < 4.78 is 39.5. The number of nitrogens with zero attached hydrogens (tertiary/aromatic N) is 2. The van der Waals surface area contributed by atoms with Crippen molar-refractivity contribution < 1.29 is 23.0 Å². The molecule has 1 heterocycles. The van der Waals surface area contributed by atoms with E-state index in [0.29, 0.717) is 40.4 Å². The van der Waals surface area contributed by atoms with Crippen LogP contribution in [0.25, 0.3) is 22.4 Å². The van der Waals surface area contributed by atoms with E-state index in [1.807, 2.05) is 13.0 Å². The van der Waals surface area contributed by atoms with Crippen molar-refractivity contribution >= 4 is 22.6 Å². The van der Waals surface area contributed by atoms with Gasteiger partial charge in [0.15, 0.2) is 18.1 Å². The zero-order chi connectivity index (χ0) is 23.2. The highest BCUT2D eigenvalue weighted by molar-refractivity contribution is 5.92. The lowest BCUT2D eigenvalue weighted by atomic mass is 10.2. The third kappa shape index (κ3) is 5.11. The van der Waals surface area contributed by atoms with E-state index in [9.17, 15) is 13.6 Å². The molecule has 0 radical (unpaired) electrons. The van der Waals surface area contributed by atoms with Crippen LogP contribution in [0.4, 0.5) is 14.5 Å². The second kappa shape index (κ2) is 10.1. The number of aromatic nitrogens is 2. The Kier molecular flexibility index (Phi) is 6.83. The number of alkyl halides is 2. The standard InChI is InChI=1S/C25H23F2N3O3/c1-2-15-32-21-9-5-6-10-22(21)33-16-23(31)28-18-13-11-17(12-14-18)24-29-19-7-3-4-8-20(19)30(24)25(26)27/h3-14,25H,2,15-16H2,1H3,(H,28,31). The molecule has 170 valence electrons. The Labute approximate surface area is 189 Å². The van der Waals surface area contributed by atoms with Crippen molar-refractivity contribution in [2.45, 2.75) is 19.9 Å². The van der Waals surface area contributed by atoms with Gasteiger partial charge in [0.1, 0.15) is 5.82 Å². The van der Waals surface area contributed by atoms with Gasteiger partial charge in [0.2, 0.25) is 0 Å². The van der Waals surface area contributed by atoms with Crippen molar-refractivity contribution in [3.05, 3.63) is 72.8 Å². The molecule has 0 unspecified atom stereocenters. The largest absolute Gasteiger partial charge is 0.490 e. The average Bonchev–Trinajstić information content (AvgIpc) is 3.22. The summed E-state index contributed by atoms with van der Waals surface area (Å²) in [5, 5.41) is 2.74. The highest BCUT2D eigenvalue weighted by Crippen LogP contribution is 2.30. The minimum atomic E-state index is -2.73. The number of rotatable bonds is 9. The number of amides is 1. The number of ether oxygens (including phenoxy) is 2. The predicted octanol–water partition coefficient (Wildman–Crippen LogP) is 5.90. The second-order valence-corrected chi connectivity index (χ2v) is 7.28. The van der Waals surface area contributed by atoms with Crippen LogP contribution in [0.3, 0.4) is 0 Å². The summed E-state index contributed by atoms with van der Waals surface area (Å²) >= 11 is 0. The van der Waals surface area contributed by atoms with Crippen LogP contribution in [0.15, 0.2) is 72.8 Å². The molecule has 0 atom stereocenters. The smallest absolute Gasteiger partial charge is 0.320 e. The van der Waals surface area contributed by atoms with E-state index in [-0.39, 0.29) is 18.3 Å². The van der Waals surface area contributed by atoms with Gasteiger partial charge in [-0.1, -0.05) is 31.2 Å². The van der Waals surface area contributed by atoms with E-state index in [1.54, 1.807) is 66.7 Å². The lowest BCUT2D eigenvalue weighted by Gasteiger charge is -2.12. The van der Waals surface area contributed by atoms with E-state index in [2.05, 4.69) is 10.3 Å². The quantitative estimate of drug-likeness (QED) is 0.344. The van der Waals surface area contributed by atoms with Gasteiger partial charge in [0.25, 0.3) is 5.91 Å². The molecule has 0 aliphatic heterocycles. The van der Waals surface area contributed by atoms with Gasteiger partial charge < -0.3 is 14.8 Å². The van der Waals surface area contributed by atoms with Crippen LogP contribution >= 0.6 is 0 Å². The normalized spacial score (nSPS) is 11.0. The van der Waals surface area contributed by atoms with Crippen molar-refractivity contribution in [2.24, 2.45) is 0 Å². The number of hydrogen-bond acceptors (Lipinski definition) is 4. The van der Waals surface area contributed by atoms with Crippen LogP contribution < -0.4 is 14.8 Å². The molecule has 0 saturated heterocycles. The number of para-hydroxylation sites is 4. The molecular weight excluding hydrogens is 428 g/mol. The first kappa shape index (κ1) is 22.3. The van der Waals surface area contributed by atoms with Gasteiger partial charge in [0, 0.05) is 11.3 Å². The molecule has 33 heavy (non-hydrogen) atoms. The third-order valence-corrected chi connectivity index (χ3v) is 4.89. The summed E-state index contributed by atoms with van der Waals surface area (Å²) in [4.78, 5) is 16.7. The van der Waals surface area contributed by atoms with E-state index in [0.717, 1.165) is 11.0 Å². The SMILES string of the molecule is CCCOc1ccccc1OCC(=O)Nc1ccc(-c2nc3ccccc3n2C(F)F)cc1. The second-order valence-electron chi connectivity index (χ2n) is 7.28. The van der Waals surface area contributed by atoms with Gasteiger partial charge in [-0.15, -0.1) is 0 Å². The maximum absolute atomic E-state index is 13.7. The number of fused-ring (bicyclic) bond motifs is 1. The number of benzene rings is 3. The monoisotopic (exact) mass is 451 g/mol. The summed E-state index contributed by atoms with van der Waals surface area (Å²) in [5.41, 5.74) is 1.89. The van der Waals surface area contributed by atoms with Crippen LogP contribution in [-0.2, 0) is 4.79 Å². The maximum Gasteiger partial charge on any atom is 0.320 e. The number of anilines is 1. The predicted molar refractivity (Wildman–Crippen MR) is 123 cm³/mol. The van der Waals surface area contributed by atoms with Gasteiger partial charge in [-0.2, -0.15) is 8.78 Å². The summed E-state index contributed by atoms with van der Waals surface area (Å²) in [6.07, 6.45) is 0.860. The molecule has 8 heteroatoms. The lowest BCUT2D eigenvalue weighted by molar-refractivity contribution is -0.118. The molecular formula is C25H23F2N3O3. The fourth-order valence-electron chi connectivity index (χ4n) is 3.39. The van der Waals surface area contributed by atoms with Crippen molar-refractivity contribution in [3.63, 3.8) is 0 Å². The molecule has 1 amide bonds. The van der Waals surface area contributed by atoms with Gasteiger partial charge >= 0.3 is 6.55 Å². The van der Waals surface area contributed by atoms with Gasteiger partial charge in [-0.05, 0) is 55.0 Å². The molecule has 0 aliphatic rings. The van der Waals surface area contributed by atoms with E-state index < -0.39 is 6.55 Å². The molecule has 1 aromatic heterocycles. The minimum Gasteiger partial charge on any atom is -0.490 e. The summed E-state index contributed by atoms with van der Waals surface area (Å²) in [7, 11) is 0. The zero-order valence-corrected chi connectivity index (χ0v) is 18.0. The van der Waals surface area contributed by atoms with Gasteiger partial charge in [-0.25, -0.2) is 4.98 Å². The number of carbonyl (C=O) groups is 1. The third-order valence-electron chi connectivity index (χ3n) is 4.89. The van der Waals surface area contributed by atoms with E-state index >= 15 is 0 Å². The molecule has 4 aromatic rings. The van der Waals surface area contributed by atoms with Crippen LogP contribution in [0.1, 0.15) is 19.9 Å². The molecule has 0 saturated carbocycles. The molecule has 1 N–H and O–H groups in total. The fourth-order valence-corrected chi connectivity index (χ4v) is 3.39. The number of halogens is 2. The van der Waals surface area contributed by atoms with Crippen molar-refractivity contribution in [3.8, 4) is 22.9 Å². The molecule has 4 rings (SSSR count). The first-order valence-corrected chi connectivity index (χ1v) is 10.6. The van der Waals surface area contributed by atoms with Crippen LogP contribution in [0.2, 0.25) is 0 Å². The first-order valence-electron chi connectivity index (χ1n) is 10.6. The Bertz CT molecular complexity index is 1240. The number of hydrogen-bond donors (Lipinski definition) is 1. The Hall–Kier alpha value is -3.94. The summed E-state index contributed by atoms with van der Waals surface area (Å²) in [6.45, 7) is -0.368. The Morgan fingerprint density at radius 1 is 0.970 bits per heavy atom. The summed E-state index contributed by atoms with van der Waals surface area (Å²) in [6, 6.07) is 20.5. The maximum atomic E-state index is 13.7. The Morgan fingerprint density at radius 2 is 1.64 bits per heavy atom. The Morgan fingerprint density at radius 3 is 2.33 bits per heavy atom. The molecule has 0 aliphatic carbocycles. The zero-order valence-electron chi connectivity index (χ0n) is 18.0. The summed E-state index contributed by atoms with van der Waals surface area (Å²) in [5.74, 6) is 0.879. The first-order chi connectivity index (χ1) is 16.1. The number of nitrogens with one attached hydrogen (secondary N) is 1. The minimum absolute atomic E-state index is 0.163. The molecule has 0 fully saturated rings. The van der Waals surface area contributed by atoms with E-state index in [1.165, 1.54) is 0 Å². The van der Waals surface area contributed by atoms with Crippen molar-refractivity contribution in [2.75, 3.05) is 18.5 Å². The molecule has 6 nitrogen and oxygen atoms in total. The fraction of sp³-hybridized carbons (Fsp3) is 0.200. The van der Waals surface area contributed by atoms with Crippen molar-refractivity contribution in [1.29, 1.82) is 0 Å². The number of imidazole rings is 1. The van der Waals surface area contributed by atoms with Crippen LogP contribution in [0.5, 0.6) is 11.5 Å². The van der Waals surface area contributed by atoms with Crippen molar-refractivity contribution in [1.82, 2.24) is 9.55 Å². The van der Waals surface area contributed by atoms with Crippen LogP contribution in [0, 0.1) is 0 Å². The lowest BCUT2D eigenvalue weighted by Crippen LogP contribution is -2.20. The Balaban J connectivity index is 1.43. The highest BCUT2D eigenvalue weighted by Gasteiger charge is 2.18. The highest BCUT2D eigenvalue weighted by atomic mass is 19.3. The molecule has 0 bridgehead atoms. The average molecular weight is 451 g/mol. The molecule has 3 aromatic carbocycles. The number of carbonyl (C=O) groups excluding carboxylic acids is 1.